The van der Waals surface area contributed by atoms with Crippen LogP contribution < -0.4 is 5.73 Å². The molecule has 0 aliphatic carbocycles. The van der Waals surface area contributed by atoms with Crippen molar-refractivity contribution in [1.29, 1.82) is 5.41 Å². The summed E-state index contributed by atoms with van der Waals surface area (Å²) in [5.74, 6) is -1.31. The molecule has 2 aromatic heterocycles. The highest BCUT2D eigenvalue weighted by atomic mass is 19.1. The van der Waals surface area contributed by atoms with Crippen LogP contribution in [0.3, 0.4) is 0 Å². The van der Waals surface area contributed by atoms with E-state index in [1.165, 1.54) is 18.3 Å². The van der Waals surface area contributed by atoms with Crippen molar-refractivity contribution in [3.05, 3.63) is 83.4 Å². The third kappa shape index (κ3) is 3.25. The van der Waals surface area contributed by atoms with E-state index in [-0.39, 0.29) is 17.3 Å². The van der Waals surface area contributed by atoms with Gasteiger partial charge in [0, 0.05) is 56.9 Å². The Kier molecular flexibility index (Phi) is 4.97. The molecule has 5 rings (SSSR count). The Hall–Kier alpha value is -4.39. The average molecular weight is 455 g/mol. The van der Waals surface area contributed by atoms with Crippen LogP contribution in [0.15, 0.2) is 60.8 Å². The third-order valence-electron chi connectivity index (χ3n) is 6.18. The third-order valence-corrected chi connectivity index (χ3v) is 6.18. The zero-order valence-electron chi connectivity index (χ0n) is 18.7. The lowest BCUT2D eigenvalue weighted by Gasteiger charge is -2.16. The van der Waals surface area contributed by atoms with E-state index in [1.807, 2.05) is 22.8 Å². The standard InChI is InChI=1S/C27H23FN4O2/c1-14(2)26-25(15-9-20(27(33)34)19-7-8-31-23(19)10-15)21-12-22(30)16(13-29)11-24(21)32(26)18-5-3-17(28)4-6-18/h3-14,29,31H,30H2,1-2H3,(H,33,34). The predicted octanol–water partition coefficient (Wildman–Crippen LogP) is 6.32. The van der Waals surface area contributed by atoms with Crippen LogP contribution in [0.2, 0.25) is 0 Å². The van der Waals surface area contributed by atoms with E-state index >= 15 is 0 Å². The molecule has 2 heterocycles. The van der Waals surface area contributed by atoms with Crippen LogP contribution in [-0.4, -0.2) is 26.8 Å². The summed E-state index contributed by atoms with van der Waals surface area (Å²) in [6, 6.07) is 15.3. The normalized spacial score (nSPS) is 11.5. The first-order chi connectivity index (χ1) is 16.3. The average Bonchev–Trinajstić information content (AvgIpc) is 3.40. The van der Waals surface area contributed by atoms with Crippen molar-refractivity contribution >= 4 is 39.7 Å². The molecule has 5 N–H and O–H groups in total. The molecule has 0 fully saturated rings. The lowest BCUT2D eigenvalue weighted by atomic mass is 9.94. The van der Waals surface area contributed by atoms with Gasteiger partial charge in [0.25, 0.3) is 0 Å². The monoisotopic (exact) mass is 454 g/mol. The van der Waals surface area contributed by atoms with E-state index in [1.54, 1.807) is 30.5 Å². The Labute approximate surface area is 195 Å². The van der Waals surface area contributed by atoms with Crippen LogP contribution in [-0.2, 0) is 0 Å². The van der Waals surface area contributed by atoms with Crippen molar-refractivity contribution in [3.63, 3.8) is 0 Å². The van der Waals surface area contributed by atoms with Gasteiger partial charge in [-0.1, -0.05) is 13.8 Å². The number of hydrogen-bond donors (Lipinski definition) is 4. The summed E-state index contributed by atoms with van der Waals surface area (Å²) < 4.78 is 15.8. The lowest BCUT2D eigenvalue weighted by Crippen LogP contribution is -2.04. The van der Waals surface area contributed by atoms with E-state index in [0.717, 1.165) is 38.9 Å². The Morgan fingerprint density at radius 2 is 1.85 bits per heavy atom. The number of aromatic nitrogens is 2. The summed E-state index contributed by atoms with van der Waals surface area (Å²) >= 11 is 0. The van der Waals surface area contributed by atoms with Crippen LogP contribution in [0.25, 0.3) is 38.6 Å². The van der Waals surface area contributed by atoms with E-state index < -0.39 is 5.97 Å². The van der Waals surface area contributed by atoms with E-state index in [4.69, 9.17) is 11.1 Å². The quantitative estimate of drug-likeness (QED) is 0.184. The van der Waals surface area contributed by atoms with Gasteiger partial charge in [-0.25, -0.2) is 9.18 Å². The minimum absolute atomic E-state index is 0.0322. The fraction of sp³-hybridized carbons (Fsp3) is 0.111. The summed E-state index contributed by atoms with van der Waals surface area (Å²) in [6.07, 6.45) is 2.93. The molecule has 5 aromatic rings. The second-order valence-electron chi connectivity index (χ2n) is 8.64. The zero-order valence-corrected chi connectivity index (χ0v) is 18.7. The molecule has 0 atom stereocenters. The van der Waals surface area contributed by atoms with Gasteiger partial charge in [-0.15, -0.1) is 0 Å². The van der Waals surface area contributed by atoms with Crippen molar-refractivity contribution in [2.75, 3.05) is 5.73 Å². The van der Waals surface area contributed by atoms with Crippen LogP contribution >= 0.6 is 0 Å². The highest BCUT2D eigenvalue weighted by molar-refractivity contribution is 6.09. The Morgan fingerprint density at radius 3 is 2.50 bits per heavy atom. The van der Waals surface area contributed by atoms with Gasteiger partial charge in [0.2, 0.25) is 0 Å². The van der Waals surface area contributed by atoms with Crippen molar-refractivity contribution < 1.29 is 14.3 Å². The number of carboxylic acids is 1. The first-order valence-electron chi connectivity index (χ1n) is 10.9. The van der Waals surface area contributed by atoms with Crippen molar-refractivity contribution in [2.24, 2.45) is 0 Å². The second-order valence-corrected chi connectivity index (χ2v) is 8.64. The Bertz CT molecular complexity index is 1590. The van der Waals surface area contributed by atoms with E-state index in [2.05, 4.69) is 18.8 Å². The number of nitrogens with zero attached hydrogens (tertiary/aromatic N) is 1. The molecule has 6 nitrogen and oxygen atoms in total. The van der Waals surface area contributed by atoms with Crippen LogP contribution in [0.1, 0.15) is 41.4 Å². The summed E-state index contributed by atoms with van der Waals surface area (Å²) in [5, 5.41) is 19.1. The van der Waals surface area contributed by atoms with Gasteiger partial charge in [-0.05, 0) is 66.1 Å². The van der Waals surface area contributed by atoms with Gasteiger partial charge >= 0.3 is 5.97 Å². The van der Waals surface area contributed by atoms with Crippen molar-refractivity contribution in [3.8, 4) is 16.8 Å². The van der Waals surface area contributed by atoms with E-state index in [9.17, 15) is 14.3 Å². The van der Waals surface area contributed by atoms with Crippen LogP contribution in [0.5, 0.6) is 0 Å². The number of aromatic carboxylic acids is 1. The van der Waals surface area contributed by atoms with Gasteiger partial charge < -0.3 is 25.8 Å². The number of anilines is 1. The van der Waals surface area contributed by atoms with Gasteiger partial charge in [0.05, 0.1) is 11.1 Å². The summed E-state index contributed by atoms with van der Waals surface area (Å²) in [7, 11) is 0. The number of nitrogens with one attached hydrogen (secondary N) is 2. The predicted molar refractivity (Wildman–Crippen MR) is 134 cm³/mol. The number of rotatable bonds is 5. The van der Waals surface area contributed by atoms with Crippen molar-refractivity contribution in [1.82, 2.24) is 9.55 Å². The molecule has 0 aliphatic heterocycles. The van der Waals surface area contributed by atoms with Gasteiger partial charge in [0.15, 0.2) is 0 Å². The maximum atomic E-state index is 13.7. The lowest BCUT2D eigenvalue weighted by molar-refractivity contribution is 0.0699. The summed E-state index contributed by atoms with van der Waals surface area (Å²) in [4.78, 5) is 15.2. The SMILES string of the molecule is CC(C)c1c(-c2cc(C(=O)O)c3cc[nH]c3c2)c2cc(N)c(C=N)cc2n1-c1ccc(F)cc1. The molecule has 0 saturated heterocycles. The largest absolute Gasteiger partial charge is 0.478 e. The number of halogens is 1. The Morgan fingerprint density at radius 1 is 1.12 bits per heavy atom. The minimum Gasteiger partial charge on any atom is -0.478 e. The molecular weight excluding hydrogens is 431 g/mol. The topological polar surface area (TPSA) is 108 Å². The minimum atomic E-state index is -1.01. The first-order valence-corrected chi connectivity index (χ1v) is 10.9. The number of hydrogen-bond acceptors (Lipinski definition) is 3. The number of H-pyrrole nitrogens is 1. The molecule has 0 aliphatic rings. The number of fused-ring (bicyclic) bond motifs is 2. The van der Waals surface area contributed by atoms with Gasteiger partial charge in [-0.2, -0.15) is 0 Å². The van der Waals surface area contributed by atoms with Crippen LogP contribution in [0.4, 0.5) is 10.1 Å². The fourth-order valence-corrected chi connectivity index (χ4v) is 4.72. The fourth-order valence-electron chi connectivity index (χ4n) is 4.72. The molecule has 170 valence electrons. The molecule has 0 unspecified atom stereocenters. The number of aromatic amines is 1. The summed E-state index contributed by atoms with van der Waals surface area (Å²) in [6.45, 7) is 4.12. The second kappa shape index (κ2) is 7.88. The molecule has 7 heteroatoms. The smallest absolute Gasteiger partial charge is 0.336 e. The zero-order chi connectivity index (χ0) is 24.1. The number of nitrogens with two attached hydrogens (primary N) is 1. The van der Waals surface area contributed by atoms with Crippen LogP contribution in [0, 0.1) is 11.2 Å². The van der Waals surface area contributed by atoms with Crippen molar-refractivity contribution in [2.45, 2.75) is 19.8 Å². The molecule has 0 radical (unpaired) electrons. The molecule has 0 amide bonds. The Balaban J connectivity index is 1.96. The molecular formula is C27H23FN4O2. The maximum Gasteiger partial charge on any atom is 0.336 e. The number of benzene rings is 3. The van der Waals surface area contributed by atoms with Gasteiger partial charge in [0.1, 0.15) is 5.82 Å². The van der Waals surface area contributed by atoms with Gasteiger partial charge in [-0.3, -0.25) is 0 Å². The molecule has 34 heavy (non-hydrogen) atoms. The number of nitrogen functional groups attached to an aromatic ring is 1. The van der Waals surface area contributed by atoms with E-state index in [0.29, 0.717) is 16.6 Å². The molecule has 3 aromatic carbocycles. The number of carbonyl (C=O) groups is 1. The molecule has 0 bridgehead atoms. The number of carboxylic acid groups (broad SMARTS) is 1. The highest BCUT2D eigenvalue weighted by Gasteiger charge is 2.24. The maximum absolute atomic E-state index is 13.7. The molecule has 0 spiro atoms. The summed E-state index contributed by atoms with van der Waals surface area (Å²) in [5.41, 5.74) is 12.3. The molecule has 0 saturated carbocycles. The highest BCUT2D eigenvalue weighted by Crippen LogP contribution is 2.43. The first kappa shape index (κ1) is 21.5.